The molecule has 1 fully saturated rings. The third-order valence-corrected chi connectivity index (χ3v) is 4.43. The molecule has 2 aromatic rings. The smallest absolute Gasteiger partial charge is 0.335 e. The summed E-state index contributed by atoms with van der Waals surface area (Å²) in [6.45, 7) is 0.0755. The lowest BCUT2D eigenvalue weighted by molar-refractivity contribution is -0.122. The summed E-state index contributed by atoms with van der Waals surface area (Å²) in [7, 11) is 0. The zero-order chi connectivity index (χ0) is 18.3. The molecule has 0 spiro atoms. The van der Waals surface area contributed by atoms with Gasteiger partial charge in [-0.05, 0) is 35.9 Å². The monoisotopic (exact) mass is 414 g/mol. The number of nitrogens with zero attached hydrogens (tertiary/aromatic N) is 1. The van der Waals surface area contributed by atoms with Crippen molar-refractivity contribution in [2.45, 2.75) is 0 Å². The number of imide groups is 2. The van der Waals surface area contributed by atoms with Crippen molar-refractivity contribution < 1.29 is 23.9 Å². The molecule has 0 aliphatic carbocycles. The van der Waals surface area contributed by atoms with E-state index in [4.69, 9.17) is 9.47 Å². The number of amides is 4. The van der Waals surface area contributed by atoms with E-state index in [1.165, 1.54) is 12.1 Å². The van der Waals surface area contributed by atoms with Crippen LogP contribution in [0, 0.1) is 0 Å². The molecule has 7 nitrogen and oxygen atoms in total. The molecule has 2 aliphatic rings. The number of urea groups is 1. The lowest BCUT2D eigenvalue weighted by Crippen LogP contribution is -2.54. The van der Waals surface area contributed by atoms with Crippen LogP contribution in [0.3, 0.4) is 0 Å². The first-order valence-corrected chi connectivity index (χ1v) is 8.39. The molecule has 1 saturated heterocycles. The minimum atomic E-state index is -0.813. The van der Waals surface area contributed by atoms with Gasteiger partial charge in [0.25, 0.3) is 11.8 Å². The van der Waals surface area contributed by atoms with Crippen LogP contribution < -0.4 is 19.7 Å². The maximum Gasteiger partial charge on any atom is 0.335 e. The fraction of sp³-hybridized carbons (Fsp3) is 0.0556. The van der Waals surface area contributed by atoms with Crippen LogP contribution in [0.1, 0.15) is 5.56 Å². The fourth-order valence-corrected chi connectivity index (χ4v) is 2.91. The minimum absolute atomic E-state index is 0.0755. The Labute approximate surface area is 156 Å². The highest BCUT2D eigenvalue weighted by Gasteiger charge is 2.37. The van der Waals surface area contributed by atoms with Crippen LogP contribution in [-0.2, 0) is 9.59 Å². The van der Waals surface area contributed by atoms with E-state index in [-0.39, 0.29) is 18.1 Å². The third kappa shape index (κ3) is 2.84. The van der Waals surface area contributed by atoms with E-state index in [2.05, 4.69) is 21.2 Å². The molecule has 4 rings (SSSR count). The van der Waals surface area contributed by atoms with E-state index in [1.54, 1.807) is 36.4 Å². The standard InChI is InChI=1S/C18H11BrN2O5/c19-11-3-1-10(2-4-11)7-13-16(22)20-18(24)21(17(13)23)12-5-6-14-15(8-12)26-9-25-14/h1-8H,9H2,(H,20,22,24)/b13-7-. The Hall–Kier alpha value is -3.13. The third-order valence-electron chi connectivity index (χ3n) is 3.90. The average molecular weight is 415 g/mol. The number of anilines is 1. The molecule has 130 valence electrons. The predicted octanol–water partition coefficient (Wildman–Crippen LogP) is 2.84. The van der Waals surface area contributed by atoms with Crippen molar-refractivity contribution in [1.82, 2.24) is 5.32 Å². The van der Waals surface area contributed by atoms with Crippen LogP contribution in [0.2, 0.25) is 0 Å². The van der Waals surface area contributed by atoms with E-state index >= 15 is 0 Å². The Morgan fingerprint density at radius 1 is 1.00 bits per heavy atom. The lowest BCUT2D eigenvalue weighted by Gasteiger charge is -2.26. The fourth-order valence-electron chi connectivity index (χ4n) is 2.64. The summed E-state index contributed by atoms with van der Waals surface area (Å²) in [6, 6.07) is 10.9. The quantitative estimate of drug-likeness (QED) is 0.603. The first-order chi connectivity index (χ1) is 12.5. The van der Waals surface area contributed by atoms with Crippen molar-refractivity contribution in [3.8, 4) is 11.5 Å². The number of halogens is 1. The van der Waals surface area contributed by atoms with E-state index in [0.29, 0.717) is 17.1 Å². The second kappa shape index (κ2) is 6.30. The molecular formula is C18H11BrN2O5. The highest BCUT2D eigenvalue weighted by molar-refractivity contribution is 9.10. The minimum Gasteiger partial charge on any atom is -0.454 e. The van der Waals surface area contributed by atoms with Crippen molar-refractivity contribution in [1.29, 1.82) is 0 Å². The van der Waals surface area contributed by atoms with Crippen LogP contribution in [0.25, 0.3) is 6.08 Å². The van der Waals surface area contributed by atoms with Gasteiger partial charge in [0.05, 0.1) is 5.69 Å². The van der Waals surface area contributed by atoms with Crippen LogP contribution in [-0.4, -0.2) is 24.6 Å². The van der Waals surface area contributed by atoms with Crippen molar-refractivity contribution in [3.05, 3.63) is 58.1 Å². The van der Waals surface area contributed by atoms with Crippen LogP contribution in [0.4, 0.5) is 10.5 Å². The molecule has 0 aromatic heterocycles. The lowest BCUT2D eigenvalue weighted by atomic mass is 10.1. The Bertz CT molecular complexity index is 968. The number of hydrogen-bond donors (Lipinski definition) is 1. The predicted molar refractivity (Wildman–Crippen MR) is 95.7 cm³/mol. The average Bonchev–Trinajstić information content (AvgIpc) is 3.08. The topological polar surface area (TPSA) is 84.9 Å². The van der Waals surface area contributed by atoms with Gasteiger partial charge in [-0.2, -0.15) is 0 Å². The molecule has 0 unspecified atom stereocenters. The molecule has 2 heterocycles. The summed E-state index contributed by atoms with van der Waals surface area (Å²) in [5, 5.41) is 2.19. The van der Waals surface area contributed by atoms with Crippen LogP contribution in [0.5, 0.6) is 11.5 Å². The molecule has 8 heteroatoms. The second-order valence-corrected chi connectivity index (χ2v) is 6.46. The molecule has 26 heavy (non-hydrogen) atoms. The first kappa shape index (κ1) is 16.3. The van der Waals surface area contributed by atoms with E-state index in [1.807, 2.05) is 0 Å². The SMILES string of the molecule is O=C1NC(=O)N(c2ccc3c(c2)OCO3)C(=O)/C1=C\c1ccc(Br)cc1. The summed E-state index contributed by atoms with van der Waals surface area (Å²) >= 11 is 3.32. The molecule has 2 aliphatic heterocycles. The Kier molecular flexibility index (Phi) is 3.96. The second-order valence-electron chi connectivity index (χ2n) is 5.55. The number of rotatable bonds is 2. The number of fused-ring (bicyclic) bond motifs is 1. The zero-order valence-corrected chi connectivity index (χ0v) is 14.8. The molecule has 0 radical (unpaired) electrons. The number of barbiturate groups is 1. The normalized spacial score (nSPS) is 17.7. The number of carbonyl (C=O) groups is 3. The number of benzene rings is 2. The largest absolute Gasteiger partial charge is 0.454 e. The highest BCUT2D eigenvalue weighted by Crippen LogP contribution is 2.36. The molecule has 4 amide bonds. The Balaban J connectivity index is 1.71. The number of nitrogens with one attached hydrogen (secondary N) is 1. The molecule has 1 N–H and O–H groups in total. The van der Waals surface area contributed by atoms with Crippen molar-refractivity contribution in [2.75, 3.05) is 11.7 Å². The highest BCUT2D eigenvalue weighted by atomic mass is 79.9. The summed E-state index contributed by atoms with van der Waals surface area (Å²) in [5.41, 5.74) is 0.808. The zero-order valence-electron chi connectivity index (χ0n) is 13.2. The van der Waals surface area contributed by atoms with Gasteiger partial charge in [-0.25, -0.2) is 9.69 Å². The first-order valence-electron chi connectivity index (χ1n) is 7.59. The van der Waals surface area contributed by atoms with Crippen molar-refractivity contribution >= 4 is 45.5 Å². The van der Waals surface area contributed by atoms with Gasteiger partial charge in [-0.15, -0.1) is 0 Å². The summed E-state index contributed by atoms with van der Waals surface area (Å²) in [5.74, 6) is -0.487. The maximum atomic E-state index is 12.8. The van der Waals surface area contributed by atoms with E-state index < -0.39 is 17.8 Å². The van der Waals surface area contributed by atoms with E-state index in [9.17, 15) is 14.4 Å². The van der Waals surface area contributed by atoms with Crippen molar-refractivity contribution in [3.63, 3.8) is 0 Å². The molecule has 0 atom stereocenters. The van der Waals surface area contributed by atoms with Gasteiger partial charge in [-0.3, -0.25) is 14.9 Å². The summed E-state index contributed by atoms with van der Waals surface area (Å²) < 4.78 is 11.4. The summed E-state index contributed by atoms with van der Waals surface area (Å²) in [4.78, 5) is 38.1. The number of hydrogen-bond acceptors (Lipinski definition) is 5. The van der Waals surface area contributed by atoms with Crippen LogP contribution >= 0.6 is 15.9 Å². The van der Waals surface area contributed by atoms with Gasteiger partial charge >= 0.3 is 6.03 Å². The number of ether oxygens (including phenoxy) is 2. The van der Waals surface area contributed by atoms with E-state index in [0.717, 1.165) is 9.37 Å². The van der Waals surface area contributed by atoms with Crippen LogP contribution in [0.15, 0.2) is 52.5 Å². The summed E-state index contributed by atoms with van der Waals surface area (Å²) in [6.07, 6.45) is 1.44. The molecule has 2 aromatic carbocycles. The Morgan fingerprint density at radius 3 is 2.50 bits per heavy atom. The van der Waals surface area contributed by atoms with Gasteiger partial charge in [0, 0.05) is 10.5 Å². The molecule has 0 bridgehead atoms. The number of carbonyl (C=O) groups excluding carboxylic acids is 3. The molecule has 0 saturated carbocycles. The van der Waals surface area contributed by atoms with Gasteiger partial charge in [0.15, 0.2) is 11.5 Å². The van der Waals surface area contributed by atoms with Gasteiger partial charge in [-0.1, -0.05) is 28.1 Å². The Morgan fingerprint density at radius 2 is 1.73 bits per heavy atom. The van der Waals surface area contributed by atoms with Gasteiger partial charge in [0.1, 0.15) is 5.57 Å². The van der Waals surface area contributed by atoms with Gasteiger partial charge in [0.2, 0.25) is 6.79 Å². The van der Waals surface area contributed by atoms with Crippen molar-refractivity contribution in [2.24, 2.45) is 0 Å². The van der Waals surface area contributed by atoms with Gasteiger partial charge < -0.3 is 9.47 Å². The molecular weight excluding hydrogens is 404 g/mol. The maximum absolute atomic E-state index is 12.8.